The number of esters is 1. The maximum Gasteiger partial charge on any atom is 0.355 e. The molecule has 1 saturated carbocycles. The number of nitrogens with zero attached hydrogens (tertiary/aromatic N) is 1. The summed E-state index contributed by atoms with van der Waals surface area (Å²) in [5.74, 6) is -0.381. The van der Waals surface area contributed by atoms with Crippen molar-refractivity contribution in [2.24, 2.45) is 17.8 Å². The number of fused-ring (bicyclic) bond motifs is 3. The second kappa shape index (κ2) is 10.4. The molecular formula is C29H51NO5Si2. The molecule has 5 atom stereocenters. The van der Waals surface area contributed by atoms with Gasteiger partial charge in [-0.1, -0.05) is 60.6 Å². The van der Waals surface area contributed by atoms with E-state index in [2.05, 4.69) is 81.2 Å². The Kier molecular flexibility index (Phi) is 8.52. The Labute approximate surface area is 227 Å². The summed E-state index contributed by atoms with van der Waals surface area (Å²) >= 11 is 0. The minimum atomic E-state index is -2.05. The number of rotatable bonds is 9. The third kappa shape index (κ3) is 5.59. The molecule has 1 amide bonds. The summed E-state index contributed by atoms with van der Waals surface area (Å²) in [5.41, 5.74) is 1.56. The maximum atomic E-state index is 13.7. The van der Waals surface area contributed by atoms with Gasteiger partial charge >= 0.3 is 5.97 Å². The van der Waals surface area contributed by atoms with Crippen molar-refractivity contribution in [3.05, 3.63) is 23.9 Å². The molecule has 2 fully saturated rings. The number of carbonyl (C=O) groups is 2. The maximum absolute atomic E-state index is 13.7. The van der Waals surface area contributed by atoms with Crippen LogP contribution in [0.25, 0.3) is 0 Å². The zero-order chi connectivity index (χ0) is 28.1. The number of hydrogen-bond acceptors (Lipinski definition) is 5. The molecule has 0 spiro atoms. The van der Waals surface area contributed by atoms with Gasteiger partial charge < -0.3 is 18.5 Å². The van der Waals surface area contributed by atoms with E-state index >= 15 is 0 Å². The van der Waals surface area contributed by atoms with Crippen molar-refractivity contribution in [2.75, 3.05) is 13.2 Å². The fraction of sp³-hybridized carbons (Fsp3) is 0.793. The fourth-order valence-electron chi connectivity index (χ4n) is 5.59. The Hall–Kier alpha value is -1.23. The Balaban J connectivity index is 1.93. The van der Waals surface area contributed by atoms with E-state index in [1.54, 1.807) is 11.0 Å². The van der Waals surface area contributed by atoms with Crippen molar-refractivity contribution in [3.8, 4) is 0 Å². The number of β-lactam (4-membered cyclic amide) rings is 1. The molecule has 0 unspecified atom stereocenters. The quantitative estimate of drug-likeness (QED) is 0.139. The number of hydrogen-bond donors (Lipinski definition) is 0. The Morgan fingerprint density at radius 2 is 1.68 bits per heavy atom. The first-order chi connectivity index (χ1) is 16.9. The van der Waals surface area contributed by atoms with Gasteiger partial charge in [-0.15, -0.1) is 0 Å². The fourth-order valence-corrected chi connectivity index (χ4v) is 8.07. The lowest BCUT2D eigenvalue weighted by molar-refractivity contribution is -0.163. The molecule has 0 radical (unpaired) electrons. The summed E-state index contributed by atoms with van der Waals surface area (Å²) in [6, 6.07) is -0.0378. The molecule has 1 saturated heterocycles. The van der Waals surface area contributed by atoms with Crippen LogP contribution in [0.5, 0.6) is 0 Å². The normalized spacial score (nSPS) is 27.4. The Morgan fingerprint density at radius 1 is 1.08 bits per heavy atom. The smallest absolute Gasteiger partial charge is 0.355 e. The molecule has 2 aliphatic heterocycles. The summed E-state index contributed by atoms with van der Waals surface area (Å²) in [7, 11) is -4.01. The van der Waals surface area contributed by atoms with Gasteiger partial charge in [0.15, 0.2) is 16.6 Å². The highest BCUT2D eigenvalue weighted by Crippen LogP contribution is 2.55. The molecule has 37 heavy (non-hydrogen) atoms. The zero-order valence-electron chi connectivity index (χ0n) is 25.2. The van der Waals surface area contributed by atoms with Gasteiger partial charge in [-0.25, -0.2) is 4.79 Å². The monoisotopic (exact) mass is 549 g/mol. The van der Waals surface area contributed by atoms with Crippen molar-refractivity contribution in [2.45, 2.75) is 116 Å². The minimum Gasteiger partial charge on any atom is -0.457 e. The molecule has 0 aromatic carbocycles. The van der Waals surface area contributed by atoms with Gasteiger partial charge in [0.2, 0.25) is 5.91 Å². The Bertz CT molecular complexity index is 943. The molecule has 0 aromatic heterocycles. The van der Waals surface area contributed by atoms with E-state index < -0.39 is 22.6 Å². The molecule has 0 N–H and O–H groups in total. The van der Waals surface area contributed by atoms with Crippen molar-refractivity contribution >= 4 is 28.5 Å². The van der Waals surface area contributed by atoms with Crippen LogP contribution in [-0.2, 0) is 23.2 Å². The first-order valence-electron chi connectivity index (χ1n) is 14.0. The van der Waals surface area contributed by atoms with Gasteiger partial charge in [0.1, 0.15) is 12.3 Å². The summed E-state index contributed by atoms with van der Waals surface area (Å²) in [4.78, 5) is 28.8. The first kappa shape index (κ1) is 30.3. The van der Waals surface area contributed by atoms with Gasteiger partial charge in [-0.2, -0.15) is 0 Å². The third-order valence-electron chi connectivity index (χ3n) is 9.79. The lowest BCUT2D eigenvalue weighted by Crippen LogP contribution is -2.65. The van der Waals surface area contributed by atoms with Gasteiger partial charge in [0.05, 0.1) is 18.1 Å². The minimum absolute atomic E-state index is 0.00673. The van der Waals surface area contributed by atoms with Crippen LogP contribution in [-0.4, -0.2) is 58.8 Å². The van der Waals surface area contributed by atoms with Crippen LogP contribution in [0.1, 0.15) is 67.7 Å². The van der Waals surface area contributed by atoms with E-state index in [0.29, 0.717) is 12.3 Å². The second-order valence-corrected chi connectivity index (χ2v) is 23.9. The van der Waals surface area contributed by atoms with Crippen LogP contribution in [0.2, 0.25) is 36.3 Å². The highest BCUT2D eigenvalue weighted by molar-refractivity contribution is 6.74. The predicted octanol–water partition coefficient (Wildman–Crippen LogP) is 6.66. The van der Waals surface area contributed by atoms with Gasteiger partial charge in [0, 0.05) is 18.4 Å². The van der Waals surface area contributed by atoms with Crippen molar-refractivity contribution < 1.29 is 23.2 Å². The summed E-state index contributed by atoms with van der Waals surface area (Å²) in [6.07, 6.45) is 4.39. The number of amides is 1. The van der Waals surface area contributed by atoms with Crippen LogP contribution < -0.4 is 0 Å². The molecule has 3 aliphatic rings. The van der Waals surface area contributed by atoms with Gasteiger partial charge in [-0.3, -0.25) is 4.79 Å². The van der Waals surface area contributed by atoms with E-state index in [1.807, 2.05) is 0 Å². The molecule has 0 bridgehead atoms. The van der Waals surface area contributed by atoms with Gasteiger partial charge in [0.25, 0.3) is 0 Å². The molecule has 2 heterocycles. The first-order valence-corrected chi connectivity index (χ1v) is 19.8. The summed E-state index contributed by atoms with van der Waals surface area (Å²) in [5, 5.41) is 0.167. The lowest BCUT2D eigenvalue weighted by Gasteiger charge is -2.51. The predicted molar refractivity (Wildman–Crippen MR) is 154 cm³/mol. The number of carbonyl (C=O) groups excluding carboxylic acids is 2. The van der Waals surface area contributed by atoms with Crippen LogP contribution in [0.3, 0.4) is 0 Å². The third-order valence-corrected chi connectivity index (χ3v) is 18.9. The molecule has 6 nitrogen and oxygen atoms in total. The van der Waals surface area contributed by atoms with E-state index in [9.17, 15) is 9.59 Å². The summed E-state index contributed by atoms with van der Waals surface area (Å²) < 4.78 is 18.9. The van der Waals surface area contributed by atoms with Crippen LogP contribution in [0.15, 0.2) is 23.9 Å². The lowest BCUT2D eigenvalue weighted by atomic mass is 9.69. The summed E-state index contributed by atoms with van der Waals surface area (Å²) in [6.45, 7) is 28.9. The average molecular weight is 550 g/mol. The molecular weight excluding hydrogens is 498 g/mol. The van der Waals surface area contributed by atoms with E-state index in [4.69, 9.17) is 13.6 Å². The zero-order valence-corrected chi connectivity index (χ0v) is 27.2. The molecule has 0 aromatic rings. The highest BCUT2D eigenvalue weighted by Gasteiger charge is 2.63. The number of ether oxygens (including phenoxy) is 1. The molecule has 8 heteroatoms. The van der Waals surface area contributed by atoms with Crippen molar-refractivity contribution in [1.82, 2.24) is 4.90 Å². The SMILES string of the molecule is C=CCOC(=O)C1=C2[C@@H](CO[Si](C)(C)C(C)(C)C)CCC[C@@H]2[C@@H]2[C@@H]([C@@H](C)O[Si](C)(C)C(C)(C)C)C(=O)N12. The van der Waals surface area contributed by atoms with Crippen molar-refractivity contribution in [1.29, 1.82) is 0 Å². The van der Waals surface area contributed by atoms with Crippen LogP contribution in [0.4, 0.5) is 0 Å². The van der Waals surface area contributed by atoms with Crippen LogP contribution in [0, 0.1) is 17.8 Å². The second-order valence-electron chi connectivity index (χ2n) is 14.3. The topological polar surface area (TPSA) is 65.1 Å². The standard InChI is InChI=1S/C29H51NO5Si2/c1-13-17-33-27(32)25-23-20(18-34-36(9,10)28(3,4)5)15-14-16-21(23)24-22(26(31)30(24)25)19(2)35-37(11,12)29(6,7)8/h13,19-22,24H,1,14-18H2,2-12H3/t19-,20-,21+,22-,24-/m1/s1. The Morgan fingerprint density at radius 3 is 2.22 bits per heavy atom. The molecule has 210 valence electrons. The molecule has 1 aliphatic carbocycles. The van der Waals surface area contributed by atoms with Crippen LogP contribution >= 0.6 is 0 Å². The molecule has 3 rings (SSSR count). The largest absolute Gasteiger partial charge is 0.457 e. The average Bonchev–Trinajstić information content (AvgIpc) is 3.05. The van der Waals surface area contributed by atoms with Crippen molar-refractivity contribution in [3.63, 3.8) is 0 Å². The highest BCUT2D eigenvalue weighted by atomic mass is 28.4. The van der Waals surface area contributed by atoms with E-state index in [-0.39, 0.29) is 52.5 Å². The van der Waals surface area contributed by atoms with Gasteiger partial charge in [-0.05, 0) is 61.6 Å². The van der Waals surface area contributed by atoms with E-state index in [1.165, 1.54) is 0 Å². The van der Waals surface area contributed by atoms with E-state index in [0.717, 1.165) is 24.8 Å².